The average Bonchev–Trinajstić information content (AvgIpc) is 2.62. The maximum Gasteiger partial charge on any atom is 0.314 e. The number of carboxylic acids is 1. The highest BCUT2D eigenvalue weighted by Gasteiger charge is 2.47. The van der Waals surface area contributed by atoms with Gasteiger partial charge in [0.2, 0.25) is 0 Å². The summed E-state index contributed by atoms with van der Waals surface area (Å²) in [5.74, 6) is -0.680. The molecule has 1 saturated carbocycles. The highest BCUT2D eigenvalue weighted by molar-refractivity contribution is 6.30. The van der Waals surface area contributed by atoms with E-state index >= 15 is 0 Å². The summed E-state index contributed by atoms with van der Waals surface area (Å²) in [4.78, 5) is 11.6. The molecule has 0 saturated heterocycles. The number of hydrogen-bond donors (Lipinski definition) is 1. The molecule has 2 aliphatic carbocycles. The van der Waals surface area contributed by atoms with Crippen LogP contribution in [0.4, 0.5) is 0 Å². The Balaban J connectivity index is 2.17. The van der Waals surface area contributed by atoms with Crippen molar-refractivity contribution in [2.45, 2.75) is 43.9 Å². The van der Waals surface area contributed by atoms with Gasteiger partial charge >= 0.3 is 5.97 Å². The fraction of sp³-hybridized carbons (Fsp3) is 0.500. The second kappa shape index (κ2) is 3.74. The summed E-state index contributed by atoms with van der Waals surface area (Å²) < 4.78 is 0. The van der Waals surface area contributed by atoms with Crippen molar-refractivity contribution in [3.8, 4) is 0 Å². The zero-order valence-corrected chi connectivity index (χ0v) is 10.4. The van der Waals surface area contributed by atoms with E-state index in [-0.39, 0.29) is 0 Å². The van der Waals surface area contributed by atoms with Gasteiger partial charge < -0.3 is 5.11 Å². The number of fused-ring (bicyclic) bond motifs is 1. The summed E-state index contributed by atoms with van der Waals surface area (Å²) >= 11 is 6.13. The monoisotopic (exact) mass is 250 g/mol. The van der Waals surface area contributed by atoms with Gasteiger partial charge in [0.05, 0.1) is 5.41 Å². The van der Waals surface area contributed by atoms with Crippen molar-refractivity contribution in [1.82, 2.24) is 0 Å². The minimum atomic E-state index is -0.680. The van der Waals surface area contributed by atoms with Crippen LogP contribution in [0.1, 0.15) is 42.4 Å². The van der Waals surface area contributed by atoms with Crippen LogP contribution >= 0.6 is 11.6 Å². The highest BCUT2D eigenvalue weighted by Crippen LogP contribution is 2.47. The molecular weight excluding hydrogens is 236 g/mol. The lowest BCUT2D eigenvalue weighted by molar-refractivity contribution is -0.147. The number of halogens is 1. The largest absolute Gasteiger partial charge is 0.481 e. The molecule has 0 unspecified atom stereocenters. The Morgan fingerprint density at radius 1 is 1.24 bits per heavy atom. The fourth-order valence-corrected chi connectivity index (χ4v) is 3.46. The first-order valence-corrected chi connectivity index (χ1v) is 6.56. The van der Waals surface area contributed by atoms with Crippen molar-refractivity contribution < 1.29 is 9.90 Å². The number of rotatable bonds is 2. The predicted molar refractivity (Wildman–Crippen MR) is 66.6 cm³/mol. The van der Waals surface area contributed by atoms with Gasteiger partial charge in [-0.05, 0) is 60.9 Å². The van der Waals surface area contributed by atoms with Crippen LogP contribution in [-0.4, -0.2) is 11.1 Å². The number of aliphatic carboxylic acids is 1. The predicted octanol–water partition coefficient (Wildman–Crippen LogP) is 3.34. The van der Waals surface area contributed by atoms with Crippen LogP contribution in [0.25, 0.3) is 0 Å². The molecule has 0 heterocycles. The third kappa shape index (κ3) is 1.50. The molecule has 1 N–H and O–H groups in total. The second-order valence-electron chi connectivity index (χ2n) is 5.19. The van der Waals surface area contributed by atoms with Crippen molar-refractivity contribution in [3.63, 3.8) is 0 Å². The van der Waals surface area contributed by atoms with Gasteiger partial charge in [-0.2, -0.15) is 0 Å². The quantitative estimate of drug-likeness (QED) is 0.874. The summed E-state index contributed by atoms with van der Waals surface area (Å²) in [6.45, 7) is 0. The number of benzene rings is 1. The maximum absolute atomic E-state index is 11.6. The molecule has 0 aromatic heterocycles. The lowest BCUT2D eigenvalue weighted by atomic mass is 9.63. The average molecular weight is 251 g/mol. The van der Waals surface area contributed by atoms with E-state index in [4.69, 9.17) is 11.6 Å². The molecule has 1 aromatic carbocycles. The van der Waals surface area contributed by atoms with Crippen LogP contribution in [-0.2, 0) is 23.1 Å². The number of carbonyl (C=O) groups is 1. The molecule has 3 heteroatoms. The Labute approximate surface area is 106 Å². The molecular formula is C14H15ClO2. The molecule has 0 radical (unpaired) electrons. The summed E-state index contributed by atoms with van der Waals surface area (Å²) in [7, 11) is 0. The van der Waals surface area contributed by atoms with Gasteiger partial charge in [0.15, 0.2) is 0 Å². The minimum Gasteiger partial charge on any atom is -0.481 e. The van der Waals surface area contributed by atoms with Gasteiger partial charge in [0.1, 0.15) is 0 Å². The van der Waals surface area contributed by atoms with Crippen molar-refractivity contribution in [3.05, 3.63) is 33.8 Å². The van der Waals surface area contributed by atoms with Crippen molar-refractivity contribution in [1.29, 1.82) is 0 Å². The van der Waals surface area contributed by atoms with Crippen LogP contribution in [0.3, 0.4) is 0 Å². The van der Waals surface area contributed by atoms with Gasteiger partial charge in [-0.15, -0.1) is 0 Å². The van der Waals surface area contributed by atoms with Crippen LogP contribution in [0, 0.1) is 0 Å². The van der Waals surface area contributed by atoms with Crippen LogP contribution in [0.2, 0.25) is 5.02 Å². The van der Waals surface area contributed by atoms with Crippen molar-refractivity contribution in [2.75, 3.05) is 0 Å². The zero-order chi connectivity index (χ0) is 12.0. The molecule has 1 aromatic rings. The van der Waals surface area contributed by atoms with Crippen LogP contribution in [0.5, 0.6) is 0 Å². The molecule has 0 amide bonds. The molecule has 17 heavy (non-hydrogen) atoms. The van der Waals surface area contributed by atoms with Crippen molar-refractivity contribution in [2.24, 2.45) is 0 Å². The first-order chi connectivity index (χ1) is 8.13. The summed E-state index contributed by atoms with van der Waals surface area (Å²) in [5, 5.41) is 10.2. The van der Waals surface area contributed by atoms with Gasteiger partial charge in [-0.25, -0.2) is 0 Å². The van der Waals surface area contributed by atoms with Crippen LogP contribution in [0.15, 0.2) is 12.1 Å². The highest BCUT2D eigenvalue weighted by atomic mass is 35.5. The van der Waals surface area contributed by atoms with Gasteiger partial charge in [-0.1, -0.05) is 18.0 Å². The number of hydrogen-bond acceptors (Lipinski definition) is 1. The van der Waals surface area contributed by atoms with Crippen molar-refractivity contribution >= 4 is 17.6 Å². The SMILES string of the molecule is O=C(O)C1(c2cc(Cl)cc3c2CCC3)CCC1. The Morgan fingerprint density at radius 3 is 2.59 bits per heavy atom. The van der Waals surface area contributed by atoms with E-state index < -0.39 is 11.4 Å². The van der Waals surface area contributed by atoms with E-state index in [1.165, 1.54) is 11.1 Å². The van der Waals surface area contributed by atoms with E-state index in [1.807, 2.05) is 12.1 Å². The molecule has 2 aliphatic rings. The smallest absolute Gasteiger partial charge is 0.314 e. The van der Waals surface area contributed by atoms with Gasteiger partial charge in [-0.3, -0.25) is 4.79 Å². The molecule has 0 spiro atoms. The van der Waals surface area contributed by atoms with E-state index in [0.717, 1.165) is 44.1 Å². The molecule has 0 aliphatic heterocycles. The Kier molecular flexibility index (Phi) is 2.44. The van der Waals surface area contributed by atoms with Gasteiger partial charge in [0.25, 0.3) is 0 Å². The first-order valence-electron chi connectivity index (χ1n) is 6.19. The Bertz CT molecular complexity index is 489. The summed E-state index contributed by atoms with van der Waals surface area (Å²) in [5.41, 5.74) is 2.88. The molecule has 2 nitrogen and oxygen atoms in total. The molecule has 3 rings (SSSR count). The summed E-state index contributed by atoms with van der Waals surface area (Å²) in [6, 6.07) is 3.89. The molecule has 90 valence electrons. The second-order valence-corrected chi connectivity index (χ2v) is 5.62. The Hall–Kier alpha value is -1.02. The zero-order valence-electron chi connectivity index (χ0n) is 9.63. The van der Waals surface area contributed by atoms with E-state index in [1.54, 1.807) is 0 Å². The first kappa shape index (κ1) is 11.1. The number of carboxylic acid groups (broad SMARTS) is 1. The maximum atomic E-state index is 11.6. The van der Waals surface area contributed by atoms with Crippen LogP contribution < -0.4 is 0 Å². The lowest BCUT2D eigenvalue weighted by Gasteiger charge is -2.39. The van der Waals surface area contributed by atoms with E-state index in [2.05, 4.69) is 0 Å². The molecule has 0 atom stereocenters. The fourth-order valence-electron chi connectivity index (χ4n) is 3.22. The number of aryl methyl sites for hydroxylation is 1. The van der Waals surface area contributed by atoms with Gasteiger partial charge in [0, 0.05) is 5.02 Å². The van der Waals surface area contributed by atoms with E-state index in [9.17, 15) is 9.90 Å². The normalized spacial score (nSPS) is 20.8. The molecule has 1 fully saturated rings. The molecule has 0 bridgehead atoms. The standard InChI is InChI=1S/C14H15ClO2/c15-10-7-9-3-1-4-11(9)12(8-10)14(13(16)17)5-2-6-14/h7-8H,1-6H2,(H,16,17). The summed E-state index contributed by atoms with van der Waals surface area (Å²) in [6.07, 6.45) is 5.70. The Morgan fingerprint density at radius 2 is 2.00 bits per heavy atom. The topological polar surface area (TPSA) is 37.3 Å². The van der Waals surface area contributed by atoms with E-state index in [0.29, 0.717) is 5.02 Å². The lowest BCUT2D eigenvalue weighted by Crippen LogP contribution is -2.43. The minimum absolute atomic E-state index is 0.640. The third-order valence-electron chi connectivity index (χ3n) is 4.31. The third-order valence-corrected chi connectivity index (χ3v) is 4.53.